The van der Waals surface area contributed by atoms with Gasteiger partial charge in [0, 0.05) is 12.3 Å². The van der Waals surface area contributed by atoms with Crippen molar-refractivity contribution in [1.29, 1.82) is 0 Å². The van der Waals surface area contributed by atoms with Crippen molar-refractivity contribution in [2.75, 3.05) is 18.2 Å². The maximum atomic E-state index is 11.6. The maximum Gasteiger partial charge on any atom is 0.257 e. The van der Waals surface area contributed by atoms with E-state index in [-0.39, 0.29) is 5.91 Å². The summed E-state index contributed by atoms with van der Waals surface area (Å²) in [5.74, 6) is 1.93. The summed E-state index contributed by atoms with van der Waals surface area (Å²) in [7, 11) is 0. The van der Waals surface area contributed by atoms with Crippen molar-refractivity contribution >= 4 is 17.7 Å². The van der Waals surface area contributed by atoms with Gasteiger partial charge in [0.2, 0.25) is 0 Å². The van der Waals surface area contributed by atoms with Crippen molar-refractivity contribution < 1.29 is 9.21 Å². The van der Waals surface area contributed by atoms with E-state index in [2.05, 4.69) is 0 Å². The van der Waals surface area contributed by atoms with Crippen molar-refractivity contribution in [2.45, 2.75) is 0 Å². The topological polar surface area (TPSA) is 33.5 Å². The summed E-state index contributed by atoms with van der Waals surface area (Å²) >= 11 is 1.78. The van der Waals surface area contributed by atoms with Gasteiger partial charge in [0.1, 0.15) is 6.26 Å². The van der Waals surface area contributed by atoms with E-state index in [1.165, 1.54) is 12.5 Å². The molecule has 1 aliphatic heterocycles. The van der Waals surface area contributed by atoms with Crippen LogP contribution < -0.4 is 0 Å². The van der Waals surface area contributed by atoms with Gasteiger partial charge in [-0.05, 0) is 6.07 Å². The minimum Gasteiger partial charge on any atom is -0.472 e. The van der Waals surface area contributed by atoms with Crippen molar-refractivity contribution in [2.24, 2.45) is 0 Å². The molecule has 0 atom stereocenters. The van der Waals surface area contributed by atoms with Crippen LogP contribution in [0.25, 0.3) is 0 Å². The molecule has 1 saturated heterocycles. The zero-order valence-electron chi connectivity index (χ0n) is 6.53. The van der Waals surface area contributed by atoms with Gasteiger partial charge in [-0.3, -0.25) is 4.79 Å². The average molecular weight is 183 g/mol. The molecule has 2 rings (SSSR count). The van der Waals surface area contributed by atoms with E-state index < -0.39 is 0 Å². The third-order valence-corrected chi connectivity index (χ3v) is 2.77. The van der Waals surface area contributed by atoms with Crippen LogP contribution in [0.4, 0.5) is 0 Å². The van der Waals surface area contributed by atoms with Crippen molar-refractivity contribution in [1.82, 2.24) is 4.90 Å². The summed E-state index contributed by atoms with van der Waals surface area (Å²) in [6.45, 7) is 0.856. The SMILES string of the molecule is O=C(c1ccoc1)N1CCSC1. The first kappa shape index (κ1) is 7.73. The molecule has 2 heterocycles. The largest absolute Gasteiger partial charge is 0.472 e. The number of rotatable bonds is 1. The Hall–Kier alpha value is -0.900. The number of carbonyl (C=O) groups excluding carboxylic acids is 1. The second kappa shape index (κ2) is 3.23. The van der Waals surface area contributed by atoms with Gasteiger partial charge in [0.05, 0.1) is 17.7 Å². The smallest absolute Gasteiger partial charge is 0.257 e. The second-order valence-electron chi connectivity index (χ2n) is 2.62. The molecule has 4 heteroatoms. The van der Waals surface area contributed by atoms with Crippen molar-refractivity contribution in [3.63, 3.8) is 0 Å². The number of hydrogen-bond acceptors (Lipinski definition) is 3. The zero-order chi connectivity index (χ0) is 8.39. The van der Waals surface area contributed by atoms with Gasteiger partial charge in [0.15, 0.2) is 0 Å². The normalized spacial score (nSPS) is 16.8. The molecular formula is C8H9NO2S. The molecule has 0 saturated carbocycles. The predicted octanol–water partition coefficient (Wildman–Crippen LogP) is 1.43. The molecule has 0 bridgehead atoms. The highest BCUT2D eigenvalue weighted by Gasteiger charge is 2.20. The molecule has 3 nitrogen and oxygen atoms in total. The Kier molecular flexibility index (Phi) is 2.08. The second-order valence-corrected chi connectivity index (χ2v) is 3.69. The number of thioether (sulfide) groups is 1. The van der Waals surface area contributed by atoms with Gasteiger partial charge in [-0.15, -0.1) is 11.8 Å². The molecule has 1 aliphatic rings. The van der Waals surface area contributed by atoms with Gasteiger partial charge < -0.3 is 9.32 Å². The Labute approximate surface area is 74.7 Å². The van der Waals surface area contributed by atoms with Crippen molar-refractivity contribution in [3.8, 4) is 0 Å². The summed E-state index contributed by atoms with van der Waals surface area (Å²) in [4.78, 5) is 13.4. The molecule has 0 unspecified atom stereocenters. The Morgan fingerprint density at radius 2 is 2.58 bits per heavy atom. The van der Waals surface area contributed by atoms with Crippen LogP contribution in [0.1, 0.15) is 10.4 Å². The lowest BCUT2D eigenvalue weighted by Crippen LogP contribution is -2.27. The summed E-state index contributed by atoms with van der Waals surface area (Å²) in [5, 5.41) is 0. The van der Waals surface area contributed by atoms with E-state index in [1.54, 1.807) is 17.8 Å². The molecule has 0 aromatic carbocycles. The Morgan fingerprint density at radius 3 is 3.17 bits per heavy atom. The Morgan fingerprint density at radius 1 is 1.67 bits per heavy atom. The van der Waals surface area contributed by atoms with Gasteiger partial charge in [-0.2, -0.15) is 0 Å². The van der Waals surface area contributed by atoms with Crippen LogP contribution >= 0.6 is 11.8 Å². The van der Waals surface area contributed by atoms with Crippen molar-refractivity contribution in [3.05, 3.63) is 24.2 Å². The summed E-state index contributed by atoms with van der Waals surface area (Å²) in [6.07, 6.45) is 3.02. The lowest BCUT2D eigenvalue weighted by Gasteiger charge is -2.11. The molecule has 1 amide bonds. The third kappa shape index (κ3) is 1.34. The molecular weight excluding hydrogens is 174 g/mol. The van der Waals surface area contributed by atoms with Crippen LogP contribution in [0.15, 0.2) is 23.0 Å². The molecule has 1 aromatic heterocycles. The monoisotopic (exact) mass is 183 g/mol. The van der Waals surface area contributed by atoms with E-state index in [9.17, 15) is 4.79 Å². The fourth-order valence-corrected chi connectivity index (χ4v) is 2.09. The highest BCUT2D eigenvalue weighted by atomic mass is 32.2. The van der Waals surface area contributed by atoms with E-state index in [4.69, 9.17) is 4.42 Å². The highest BCUT2D eigenvalue weighted by molar-refractivity contribution is 7.99. The third-order valence-electron chi connectivity index (χ3n) is 1.81. The number of carbonyl (C=O) groups is 1. The summed E-state index contributed by atoms with van der Waals surface area (Å²) in [5.41, 5.74) is 0.650. The first-order valence-corrected chi connectivity index (χ1v) is 4.92. The van der Waals surface area contributed by atoms with Gasteiger partial charge >= 0.3 is 0 Å². The molecule has 1 fully saturated rings. The molecule has 0 N–H and O–H groups in total. The minimum absolute atomic E-state index is 0.0775. The average Bonchev–Trinajstić information content (AvgIpc) is 2.77. The van der Waals surface area contributed by atoms with E-state index in [0.29, 0.717) is 5.56 Å². The van der Waals surface area contributed by atoms with E-state index >= 15 is 0 Å². The van der Waals surface area contributed by atoms with Crippen LogP contribution in [0.5, 0.6) is 0 Å². The molecule has 64 valence electrons. The van der Waals surface area contributed by atoms with Crippen LogP contribution in [-0.2, 0) is 0 Å². The zero-order valence-corrected chi connectivity index (χ0v) is 7.34. The summed E-state index contributed by atoms with van der Waals surface area (Å²) < 4.78 is 4.84. The molecule has 0 radical (unpaired) electrons. The van der Waals surface area contributed by atoms with E-state index in [0.717, 1.165) is 18.2 Å². The number of furan rings is 1. The van der Waals surface area contributed by atoms with Gasteiger partial charge in [-0.25, -0.2) is 0 Å². The standard InChI is InChI=1S/C8H9NO2S/c10-8(7-1-3-11-5-7)9-2-4-12-6-9/h1,3,5H,2,4,6H2. The number of nitrogens with zero attached hydrogens (tertiary/aromatic N) is 1. The molecule has 0 spiro atoms. The van der Waals surface area contributed by atoms with Gasteiger partial charge in [-0.1, -0.05) is 0 Å². The molecule has 12 heavy (non-hydrogen) atoms. The van der Waals surface area contributed by atoms with Crippen LogP contribution in [0.2, 0.25) is 0 Å². The number of hydrogen-bond donors (Lipinski definition) is 0. The molecule has 0 aliphatic carbocycles. The Bertz CT molecular complexity index is 265. The first-order chi connectivity index (χ1) is 5.88. The highest BCUT2D eigenvalue weighted by Crippen LogP contribution is 2.16. The first-order valence-electron chi connectivity index (χ1n) is 3.77. The fourth-order valence-electron chi connectivity index (χ4n) is 1.14. The lowest BCUT2D eigenvalue weighted by atomic mass is 10.3. The Balaban J connectivity index is 2.09. The number of amides is 1. The summed E-state index contributed by atoms with van der Waals surface area (Å²) in [6, 6.07) is 1.70. The van der Waals surface area contributed by atoms with E-state index in [1.807, 2.05) is 4.90 Å². The quantitative estimate of drug-likeness (QED) is 0.660. The predicted molar refractivity (Wildman–Crippen MR) is 47.1 cm³/mol. The maximum absolute atomic E-state index is 11.6. The van der Waals surface area contributed by atoms with Crippen LogP contribution in [-0.4, -0.2) is 29.0 Å². The van der Waals surface area contributed by atoms with Crippen LogP contribution in [0.3, 0.4) is 0 Å². The van der Waals surface area contributed by atoms with Crippen LogP contribution in [0, 0.1) is 0 Å². The fraction of sp³-hybridized carbons (Fsp3) is 0.375. The lowest BCUT2D eigenvalue weighted by molar-refractivity contribution is 0.0802. The van der Waals surface area contributed by atoms with Gasteiger partial charge in [0.25, 0.3) is 5.91 Å². The minimum atomic E-state index is 0.0775. The molecule has 1 aromatic rings.